The zero-order valence-electron chi connectivity index (χ0n) is 10.9. The number of nitrogens with two attached hydrogens (primary N) is 1. The lowest BCUT2D eigenvalue weighted by molar-refractivity contribution is 0.129. The first-order valence-electron chi connectivity index (χ1n) is 6.59. The maximum Gasteiger partial charge on any atom is 0.407 e. The molecule has 2 atom stereocenters. The van der Waals surface area contributed by atoms with Crippen LogP contribution in [0, 0.1) is 5.92 Å². The van der Waals surface area contributed by atoms with Crippen molar-refractivity contribution in [1.82, 2.24) is 14.9 Å². The van der Waals surface area contributed by atoms with Crippen molar-refractivity contribution >= 4 is 29.5 Å². The molecule has 2 aliphatic heterocycles. The molecule has 0 spiro atoms. The SMILES string of the molecule is Nc1nc(Cl)cc(N2CC[C@H]3[C@H](CCN3C(=O)O)C2)n1. The normalized spacial score (nSPS) is 25.6. The van der Waals surface area contributed by atoms with Gasteiger partial charge in [0.25, 0.3) is 0 Å². The number of carboxylic acid groups (broad SMARTS) is 1. The molecule has 3 N–H and O–H groups in total. The van der Waals surface area contributed by atoms with Gasteiger partial charge in [-0.3, -0.25) is 0 Å². The van der Waals surface area contributed by atoms with Gasteiger partial charge in [0.2, 0.25) is 5.95 Å². The summed E-state index contributed by atoms with van der Waals surface area (Å²) in [5, 5.41) is 9.49. The standard InChI is InChI=1S/C12H16ClN5O2/c13-9-5-10(16-11(14)15-9)17-3-2-8-7(6-17)1-4-18(8)12(19)20/h5,7-8H,1-4,6H2,(H,19,20)(H2,14,15,16)/t7-,8+/m1/s1. The molecule has 0 aromatic carbocycles. The van der Waals surface area contributed by atoms with Crippen molar-refractivity contribution < 1.29 is 9.90 Å². The topological polar surface area (TPSA) is 95.6 Å². The van der Waals surface area contributed by atoms with Gasteiger partial charge in [-0.1, -0.05) is 11.6 Å². The van der Waals surface area contributed by atoms with Crippen molar-refractivity contribution in [3.8, 4) is 0 Å². The molecule has 2 fully saturated rings. The van der Waals surface area contributed by atoms with Crippen LogP contribution < -0.4 is 10.6 Å². The average molecular weight is 298 g/mol. The Labute approximate surface area is 121 Å². The third kappa shape index (κ3) is 2.33. The highest BCUT2D eigenvalue weighted by Crippen LogP contribution is 2.33. The number of anilines is 2. The van der Waals surface area contributed by atoms with E-state index in [-0.39, 0.29) is 12.0 Å². The van der Waals surface area contributed by atoms with E-state index in [0.717, 1.165) is 31.7 Å². The van der Waals surface area contributed by atoms with Crippen LogP contribution in [0.25, 0.3) is 0 Å². The van der Waals surface area contributed by atoms with Gasteiger partial charge in [-0.15, -0.1) is 0 Å². The maximum atomic E-state index is 11.2. The molecule has 1 amide bonds. The lowest BCUT2D eigenvalue weighted by atomic mass is 9.93. The Morgan fingerprint density at radius 1 is 1.40 bits per heavy atom. The molecule has 0 aliphatic carbocycles. The molecule has 2 aliphatic rings. The highest BCUT2D eigenvalue weighted by atomic mass is 35.5. The monoisotopic (exact) mass is 297 g/mol. The summed E-state index contributed by atoms with van der Waals surface area (Å²) in [4.78, 5) is 22.9. The van der Waals surface area contributed by atoms with Gasteiger partial charge in [0.05, 0.1) is 0 Å². The first-order chi connectivity index (χ1) is 9.54. The van der Waals surface area contributed by atoms with Gasteiger partial charge in [0.1, 0.15) is 11.0 Å². The Bertz CT molecular complexity index is 520. The summed E-state index contributed by atoms with van der Waals surface area (Å²) in [5.74, 6) is 1.22. The third-order valence-electron chi connectivity index (χ3n) is 4.10. The van der Waals surface area contributed by atoms with Crippen molar-refractivity contribution in [1.29, 1.82) is 0 Å². The van der Waals surface area contributed by atoms with Crippen molar-refractivity contribution in [2.75, 3.05) is 30.3 Å². The summed E-state index contributed by atoms with van der Waals surface area (Å²) < 4.78 is 0. The largest absolute Gasteiger partial charge is 0.465 e. The molecule has 2 saturated heterocycles. The summed E-state index contributed by atoms with van der Waals surface area (Å²) in [7, 11) is 0. The van der Waals surface area contributed by atoms with Crippen molar-refractivity contribution in [2.24, 2.45) is 5.92 Å². The number of carbonyl (C=O) groups is 1. The Hall–Kier alpha value is -1.76. The van der Waals surface area contributed by atoms with Crippen LogP contribution in [-0.2, 0) is 0 Å². The molecule has 108 valence electrons. The summed E-state index contributed by atoms with van der Waals surface area (Å²) in [6.07, 6.45) is 0.876. The summed E-state index contributed by atoms with van der Waals surface area (Å²) >= 11 is 5.90. The molecule has 0 radical (unpaired) electrons. The number of amides is 1. The fraction of sp³-hybridized carbons (Fsp3) is 0.583. The molecule has 0 saturated carbocycles. The predicted molar refractivity (Wildman–Crippen MR) is 74.9 cm³/mol. The zero-order chi connectivity index (χ0) is 14.3. The van der Waals surface area contributed by atoms with E-state index in [1.165, 1.54) is 0 Å². The summed E-state index contributed by atoms with van der Waals surface area (Å²) in [6.45, 7) is 2.14. The molecule has 3 heterocycles. The van der Waals surface area contributed by atoms with E-state index in [1.54, 1.807) is 11.0 Å². The van der Waals surface area contributed by atoms with E-state index in [9.17, 15) is 4.79 Å². The Morgan fingerprint density at radius 2 is 2.20 bits per heavy atom. The van der Waals surface area contributed by atoms with E-state index in [1.807, 2.05) is 0 Å². The van der Waals surface area contributed by atoms with Gasteiger partial charge in [0.15, 0.2) is 0 Å². The van der Waals surface area contributed by atoms with Crippen LogP contribution in [0.5, 0.6) is 0 Å². The van der Waals surface area contributed by atoms with E-state index >= 15 is 0 Å². The Morgan fingerprint density at radius 3 is 2.90 bits per heavy atom. The number of piperidine rings is 1. The first-order valence-corrected chi connectivity index (χ1v) is 6.97. The van der Waals surface area contributed by atoms with Crippen LogP contribution in [0.1, 0.15) is 12.8 Å². The number of rotatable bonds is 1. The molecule has 8 heteroatoms. The summed E-state index contributed by atoms with van der Waals surface area (Å²) in [6, 6.07) is 1.82. The van der Waals surface area contributed by atoms with Gasteiger partial charge >= 0.3 is 6.09 Å². The number of aromatic nitrogens is 2. The maximum absolute atomic E-state index is 11.2. The lowest BCUT2D eigenvalue weighted by Crippen LogP contribution is -2.47. The van der Waals surface area contributed by atoms with Crippen LogP contribution in [0.4, 0.5) is 16.6 Å². The van der Waals surface area contributed by atoms with E-state index in [2.05, 4.69) is 14.9 Å². The molecule has 1 aromatic heterocycles. The minimum atomic E-state index is -0.819. The second kappa shape index (κ2) is 4.97. The predicted octanol–water partition coefficient (Wildman–Crippen LogP) is 1.29. The molecule has 20 heavy (non-hydrogen) atoms. The van der Waals surface area contributed by atoms with Gasteiger partial charge < -0.3 is 20.6 Å². The molecular weight excluding hydrogens is 282 g/mol. The van der Waals surface area contributed by atoms with Crippen LogP contribution in [0.3, 0.4) is 0 Å². The molecule has 1 aromatic rings. The van der Waals surface area contributed by atoms with Crippen molar-refractivity contribution in [2.45, 2.75) is 18.9 Å². The van der Waals surface area contributed by atoms with E-state index < -0.39 is 6.09 Å². The smallest absolute Gasteiger partial charge is 0.407 e. The fourth-order valence-corrected chi connectivity index (χ4v) is 3.40. The molecular formula is C12H16ClN5O2. The van der Waals surface area contributed by atoms with Gasteiger partial charge in [-0.05, 0) is 18.8 Å². The van der Waals surface area contributed by atoms with Crippen LogP contribution >= 0.6 is 11.6 Å². The second-order valence-corrected chi connectivity index (χ2v) is 5.62. The van der Waals surface area contributed by atoms with Gasteiger partial charge in [0, 0.05) is 31.7 Å². The number of likely N-dealkylation sites (tertiary alicyclic amines) is 1. The lowest BCUT2D eigenvalue weighted by Gasteiger charge is -2.37. The number of fused-ring (bicyclic) bond motifs is 1. The molecule has 0 unspecified atom stereocenters. The zero-order valence-corrected chi connectivity index (χ0v) is 11.6. The number of hydrogen-bond acceptors (Lipinski definition) is 5. The van der Waals surface area contributed by atoms with Gasteiger partial charge in [-0.25, -0.2) is 9.78 Å². The quantitative estimate of drug-likeness (QED) is 0.758. The number of hydrogen-bond donors (Lipinski definition) is 2. The number of halogens is 1. The minimum Gasteiger partial charge on any atom is -0.465 e. The summed E-state index contributed by atoms with van der Waals surface area (Å²) in [5.41, 5.74) is 5.62. The van der Waals surface area contributed by atoms with E-state index in [0.29, 0.717) is 17.6 Å². The van der Waals surface area contributed by atoms with Gasteiger partial charge in [-0.2, -0.15) is 4.98 Å². The minimum absolute atomic E-state index is 0.124. The molecule has 0 bridgehead atoms. The molecule has 3 rings (SSSR count). The first kappa shape index (κ1) is 13.2. The fourth-order valence-electron chi connectivity index (χ4n) is 3.22. The number of nitrogen functional groups attached to an aromatic ring is 1. The highest BCUT2D eigenvalue weighted by molar-refractivity contribution is 6.29. The van der Waals surface area contributed by atoms with Crippen molar-refractivity contribution in [3.05, 3.63) is 11.2 Å². The third-order valence-corrected chi connectivity index (χ3v) is 4.30. The molecule has 7 nitrogen and oxygen atoms in total. The highest BCUT2D eigenvalue weighted by Gasteiger charge is 2.40. The Balaban J connectivity index is 1.75. The second-order valence-electron chi connectivity index (χ2n) is 5.23. The van der Waals surface area contributed by atoms with Crippen molar-refractivity contribution in [3.63, 3.8) is 0 Å². The van der Waals surface area contributed by atoms with Crippen LogP contribution in [0.15, 0.2) is 6.07 Å². The number of nitrogens with zero attached hydrogens (tertiary/aromatic N) is 4. The Kier molecular flexibility index (Phi) is 3.29. The van der Waals surface area contributed by atoms with Crippen LogP contribution in [0.2, 0.25) is 5.15 Å². The van der Waals surface area contributed by atoms with Crippen LogP contribution in [-0.4, -0.2) is 51.7 Å². The van der Waals surface area contributed by atoms with E-state index in [4.69, 9.17) is 22.4 Å². The average Bonchev–Trinajstić information content (AvgIpc) is 2.80.